The highest BCUT2D eigenvalue weighted by molar-refractivity contribution is 7.13. The molecule has 4 rings (SSSR count). The van der Waals surface area contributed by atoms with Gasteiger partial charge in [0, 0.05) is 37.3 Å². The van der Waals surface area contributed by atoms with Crippen molar-refractivity contribution in [3.63, 3.8) is 0 Å². The van der Waals surface area contributed by atoms with E-state index in [9.17, 15) is 4.79 Å². The van der Waals surface area contributed by atoms with E-state index < -0.39 is 0 Å². The number of amides is 1. The Morgan fingerprint density at radius 1 is 1.40 bits per heavy atom. The summed E-state index contributed by atoms with van der Waals surface area (Å²) in [6.45, 7) is 1.15. The molecule has 1 atom stereocenters. The van der Waals surface area contributed by atoms with E-state index in [0.717, 1.165) is 35.8 Å². The molecule has 7 nitrogen and oxygen atoms in total. The van der Waals surface area contributed by atoms with Gasteiger partial charge >= 0.3 is 0 Å². The molecule has 3 aromatic rings. The number of ether oxygens (including phenoxy) is 1. The van der Waals surface area contributed by atoms with Crippen molar-refractivity contribution in [1.29, 1.82) is 0 Å². The summed E-state index contributed by atoms with van der Waals surface area (Å²) in [5.74, 6) is 0.617. The number of rotatable bonds is 5. The van der Waals surface area contributed by atoms with Crippen LogP contribution in [0.4, 0.5) is 0 Å². The molecule has 0 bridgehead atoms. The fourth-order valence-electron chi connectivity index (χ4n) is 2.76. The average Bonchev–Trinajstić information content (AvgIpc) is 3.41. The van der Waals surface area contributed by atoms with Crippen LogP contribution in [0.1, 0.15) is 39.2 Å². The first kappa shape index (κ1) is 15.9. The minimum Gasteiger partial charge on any atom is -0.371 e. The Balaban J connectivity index is 1.44. The zero-order valence-electron chi connectivity index (χ0n) is 13.5. The van der Waals surface area contributed by atoms with E-state index in [-0.39, 0.29) is 12.0 Å². The van der Waals surface area contributed by atoms with Crippen LogP contribution in [-0.2, 0) is 11.3 Å². The van der Waals surface area contributed by atoms with Crippen molar-refractivity contribution >= 4 is 17.2 Å². The largest absolute Gasteiger partial charge is 0.371 e. The summed E-state index contributed by atoms with van der Waals surface area (Å²) >= 11 is 1.40. The van der Waals surface area contributed by atoms with Crippen molar-refractivity contribution in [1.82, 2.24) is 24.8 Å². The summed E-state index contributed by atoms with van der Waals surface area (Å²) in [7, 11) is 0. The topological polar surface area (TPSA) is 81.9 Å². The quantitative estimate of drug-likeness (QED) is 0.760. The summed E-state index contributed by atoms with van der Waals surface area (Å²) in [6, 6.07) is 3.79. The second-order valence-corrected chi connectivity index (χ2v) is 6.77. The van der Waals surface area contributed by atoms with Gasteiger partial charge in [0.2, 0.25) is 0 Å². The number of carbonyl (C=O) groups is 1. The lowest BCUT2D eigenvalue weighted by atomic mass is 10.2. The van der Waals surface area contributed by atoms with Gasteiger partial charge in [0.05, 0.1) is 6.20 Å². The van der Waals surface area contributed by atoms with Crippen LogP contribution in [0.3, 0.4) is 0 Å². The number of thiazole rings is 1. The highest BCUT2D eigenvalue weighted by Gasteiger charge is 2.22. The standard InChI is InChI=1S/C17H17N5O2S/c23-16(14-10-21-17(25-14)13-4-2-8-24-13)20-9-12-3-1-5-19-15(12)22-7-6-18-11-22/h1,3,5-7,10-11,13H,2,4,8-9H2,(H,20,23). The van der Waals surface area contributed by atoms with Gasteiger partial charge in [-0.2, -0.15) is 0 Å². The number of pyridine rings is 1. The Morgan fingerprint density at radius 2 is 2.36 bits per heavy atom. The van der Waals surface area contributed by atoms with E-state index in [1.807, 2.05) is 22.9 Å². The Morgan fingerprint density at radius 3 is 3.16 bits per heavy atom. The monoisotopic (exact) mass is 355 g/mol. The van der Waals surface area contributed by atoms with Crippen LogP contribution in [-0.4, -0.2) is 32.0 Å². The average molecular weight is 355 g/mol. The van der Waals surface area contributed by atoms with Gasteiger partial charge in [-0.15, -0.1) is 11.3 Å². The molecule has 1 aliphatic heterocycles. The van der Waals surface area contributed by atoms with Crippen LogP contribution in [0.2, 0.25) is 0 Å². The molecule has 1 N–H and O–H groups in total. The first-order valence-electron chi connectivity index (χ1n) is 8.09. The summed E-state index contributed by atoms with van der Waals surface area (Å²) < 4.78 is 7.44. The van der Waals surface area contributed by atoms with Crippen LogP contribution in [0.15, 0.2) is 43.2 Å². The van der Waals surface area contributed by atoms with Crippen molar-refractivity contribution < 1.29 is 9.53 Å². The molecule has 1 fully saturated rings. The molecule has 1 saturated heterocycles. The van der Waals surface area contributed by atoms with E-state index in [4.69, 9.17) is 4.74 Å². The predicted molar refractivity (Wildman–Crippen MR) is 92.6 cm³/mol. The molecule has 4 heterocycles. The second-order valence-electron chi connectivity index (χ2n) is 5.70. The molecule has 8 heteroatoms. The highest BCUT2D eigenvalue weighted by Crippen LogP contribution is 2.31. The first-order chi connectivity index (χ1) is 12.3. The lowest BCUT2D eigenvalue weighted by Gasteiger charge is -2.09. The third-order valence-corrected chi connectivity index (χ3v) is 5.10. The third-order valence-electron chi connectivity index (χ3n) is 4.01. The normalized spacial score (nSPS) is 16.9. The van der Waals surface area contributed by atoms with Crippen LogP contribution in [0.25, 0.3) is 5.82 Å². The number of hydrogen-bond donors (Lipinski definition) is 1. The van der Waals surface area contributed by atoms with E-state index in [1.165, 1.54) is 11.3 Å². The second kappa shape index (κ2) is 7.12. The number of hydrogen-bond acceptors (Lipinski definition) is 6. The maximum absolute atomic E-state index is 12.4. The zero-order valence-corrected chi connectivity index (χ0v) is 14.3. The van der Waals surface area contributed by atoms with E-state index in [2.05, 4.69) is 20.3 Å². The molecule has 128 valence electrons. The van der Waals surface area contributed by atoms with Gasteiger partial charge in [-0.25, -0.2) is 15.0 Å². The third kappa shape index (κ3) is 3.45. The van der Waals surface area contributed by atoms with Crippen LogP contribution in [0, 0.1) is 0 Å². The van der Waals surface area contributed by atoms with Gasteiger partial charge in [-0.05, 0) is 18.9 Å². The Bertz CT molecular complexity index is 856. The van der Waals surface area contributed by atoms with Crippen LogP contribution < -0.4 is 5.32 Å². The van der Waals surface area contributed by atoms with Gasteiger partial charge in [0.15, 0.2) is 0 Å². The molecule has 0 radical (unpaired) electrons. The van der Waals surface area contributed by atoms with Gasteiger partial charge in [0.1, 0.15) is 28.1 Å². The lowest BCUT2D eigenvalue weighted by Crippen LogP contribution is -2.22. The summed E-state index contributed by atoms with van der Waals surface area (Å²) in [5.41, 5.74) is 0.915. The number of nitrogens with zero attached hydrogens (tertiary/aromatic N) is 4. The van der Waals surface area contributed by atoms with Crippen molar-refractivity contribution in [3.8, 4) is 5.82 Å². The molecule has 25 heavy (non-hydrogen) atoms. The maximum Gasteiger partial charge on any atom is 0.263 e. The van der Waals surface area contributed by atoms with Gasteiger partial charge in [0.25, 0.3) is 5.91 Å². The molecular formula is C17H17N5O2S. The SMILES string of the molecule is O=C(NCc1cccnc1-n1ccnc1)c1cnc(C2CCCO2)s1. The molecule has 0 saturated carbocycles. The van der Waals surface area contributed by atoms with Crippen molar-refractivity contribution in [2.24, 2.45) is 0 Å². The van der Waals surface area contributed by atoms with Crippen LogP contribution in [0.5, 0.6) is 0 Å². The Kier molecular flexibility index (Phi) is 4.53. The minimum absolute atomic E-state index is 0.0396. The van der Waals surface area contributed by atoms with E-state index >= 15 is 0 Å². The van der Waals surface area contributed by atoms with Gasteiger partial charge < -0.3 is 10.1 Å². The van der Waals surface area contributed by atoms with Gasteiger partial charge in [-0.1, -0.05) is 6.07 Å². The van der Waals surface area contributed by atoms with Gasteiger partial charge in [-0.3, -0.25) is 9.36 Å². The fraction of sp³-hybridized carbons (Fsp3) is 0.294. The summed E-state index contributed by atoms with van der Waals surface area (Å²) in [5, 5.41) is 3.82. The smallest absolute Gasteiger partial charge is 0.263 e. The van der Waals surface area contributed by atoms with Crippen molar-refractivity contribution in [2.75, 3.05) is 6.61 Å². The molecule has 0 spiro atoms. The molecule has 1 aliphatic rings. The maximum atomic E-state index is 12.4. The van der Waals surface area contributed by atoms with E-state index in [0.29, 0.717) is 11.4 Å². The molecule has 3 aromatic heterocycles. The molecule has 1 amide bonds. The van der Waals surface area contributed by atoms with E-state index in [1.54, 1.807) is 24.9 Å². The Labute approximate surface area is 148 Å². The predicted octanol–water partition coefficient (Wildman–Crippen LogP) is 2.51. The zero-order chi connectivity index (χ0) is 17.1. The van der Waals surface area contributed by atoms with Crippen LogP contribution >= 0.6 is 11.3 Å². The Hall–Kier alpha value is -2.58. The molecular weight excluding hydrogens is 338 g/mol. The summed E-state index contributed by atoms with van der Waals surface area (Å²) in [6.07, 6.45) is 10.6. The number of nitrogens with one attached hydrogen (secondary N) is 1. The number of carbonyl (C=O) groups excluding carboxylic acids is 1. The minimum atomic E-state index is -0.137. The first-order valence-corrected chi connectivity index (χ1v) is 8.90. The van der Waals surface area contributed by atoms with Crippen molar-refractivity contribution in [2.45, 2.75) is 25.5 Å². The molecule has 0 aliphatic carbocycles. The fourth-order valence-corrected chi connectivity index (χ4v) is 3.68. The molecule has 0 aromatic carbocycles. The molecule has 1 unspecified atom stereocenters. The number of aromatic nitrogens is 4. The lowest BCUT2D eigenvalue weighted by molar-refractivity contribution is 0.0954. The number of imidazole rings is 1. The van der Waals surface area contributed by atoms with Crippen molar-refractivity contribution in [3.05, 3.63) is 58.7 Å². The summed E-state index contributed by atoms with van der Waals surface area (Å²) in [4.78, 5) is 25.8. The highest BCUT2D eigenvalue weighted by atomic mass is 32.1.